The summed E-state index contributed by atoms with van der Waals surface area (Å²) in [7, 11) is 0. The Morgan fingerprint density at radius 2 is 1.59 bits per heavy atom. The maximum Gasteiger partial charge on any atom is 0.276 e. The van der Waals surface area contributed by atoms with E-state index in [1.54, 1.807) is 6.07 Å². The summed E-state index contributed by atoms with van der Waals surface area (Å²) in [6.45, 7) is 3.40. The molecule has 0 fully saturated rings. The second-order valence-electron chi connectivity index (χ2n) is 6.08. The lowest BCUT2D eigenvalue weighted by atomic mass is 9.99. The van der Waals surface area contributed by atoms with Gasteiger partial charge in [0.25, 0.3) is 5.91 Å². The lowest BCUT2D eigenvalue weighted by molar-refractivity contribution is -0.130. The Morgan fingerprint density at radius 3 is 2.30 bits per heavy atom. The zero-order chi connectivity index (χ0) is 19.8. The van der Waals surface area contributed by atoms with Crippen LogP contribution in [0, 0.1) is 19.7 Å². The van der Waals surface area contributed by atoms with Crippen molar-refractivity contribution in [2.75, 3.05) is 6.61 Å². The van der Waals surface area contributed by atoms with Gasteiger partial charge in [-0.05, 0) is 49.7 Å². The fourth-order valence-electron chi connectivity index (χ4n) is 2.32. The first-order valence-electron chi connectivity index (χ1n) is 8.41. The molecule has 0 atom stereocenters. The first-order valence-corrected chi connectivity index (χ1v) is 8.41. The van der Waals surface area contributed by atoms with Crippen LogP contribution in [0.15, 0.2) is 42.5 Å². The van der Waals surface area contributed by atoms with Gasteiger partial charge in [0.05, 0.1) is 0 Å². The molecule has 0 spiro atoms. The summed E-state index contributed by atoms with van der Waals surface area (Å²) in [5.41, 5.74) is 6.86. The van der Waals surface area contributed by atoms with Crippen LogP contribution in [-0.4, -0.2) is 24.2 Å². The predicted molar refractivity (Wildman–Crippen MR) is 97.7 cm³/mol. The SMILES string of the molecule is Cc1ccc(C)c(C(=O)CCC(=O)NNC(=O)COc2ccc(F)cc2)c1. The predicted octanol–water partition coefficient (Wildman–Crippen LogP) is 2.63. The average molecular weight is 372 g/mol. The van der Waals surface area contributed by atoms with E-state index in [1.807, 2.05) is 26.0 Å². The van der Waals surface area contributed by atoms with E-state index < -0.39 is 17.6 Å². The topological polar surface area (TPSA) is 84.5 Å². The highest BCUT2D eigenvalue weighted by molar-refractivity contribution is 5.99. The third-order valence-corrected chi connectivity index (χ3v) is 3.80. The standard InChI is InChI=1S/C20H21FN2O4/c1-13-3-4-14(2)17(11-13)18(24)9-10-19(25)22-23-20(26)12-27-16-7-5-15(21)6-8-16/h3-8,11H,9-10,12H2,1-2H3,(H,22,25)(H,23,26). The first kappa shape index (κ1) is 20.1. The fraction of sp³-hybridized carbons (Fsp3) is 0.250. The number of aryl methyl sites for hydroxylation is 2. The molecule has 2 aromatic carbocycles. The molecule has 0 aliphatic carbocycles. The Morgan fingerprint density at radius 1 is 0.926 bits per heavy atom. The third-order valence-electron chi connectivity index (χ3n) is 3.80. The molecule has 0 saturated carbocycles. The number of nitrogens with one attached hydrogen (secondary N) is 2. The highest BCUT2D eigenvalue weighted by Gasteiger charge is 2.12. The van der Waals surface area contributed by atoms with Gasteiger partial charge in [-0.2, -0.15) is 0 Å². The Hall–Kier alpha value is -3.22. The van der Waals surface area contributed by atoms with Crippen LogP contribution in [0.1, 0.15) is 34.3 Å². The van der Waals surface area contributed by atoms with Crippen LogP contribution in [-0.2, 0) is 9.59 Å². The van der Waals surface area contributed by atoms with Crippen molar-refractivity contribution in [3.05, 3.63) is 65.0 Å². The maximum absolute atomic E-state index is 12.8. The van der Waals surface area contributed by atoms with Gasteiger partial charge in [-0.3, -0.25) is 25.2 Å². The summed E-state index contributed by atoms with van der Waals surface area (Å²) in [4.78, 5) is 35.7. The highest BCUT2D eigenvalue weighted by atomic mass is 19.1. The van der Waals surface area contributed by atoms with Gasteiger partial charge in [0.2, 0.25) is 5.91 Å². The average Bonchev–Trinajstić information content (AvgIpc) is 2.65. The molecule has 0 saturated heterocycles. The van der Waals surface area contributed by atoms with Crippen molar-refractivity contribution in [2.45, 2.75) is 26.7 Å². The summed E-state index contributed by atoms with van der Waals surface area (Å²) in [5, 5.41) is 0. The number of Topliss-reactive ketones (excluding diaryl/α,β-unsaturated/α-hetero) is 1. The van der Waals surface area contributed by atoms with E-state index in [0.29, 0.717) is 11.3 Å². The van der Waals surface area contributed by atoms with Crippen LogP contribution in [0.4, 0.5) is 4.39 Å². The molecule has 0 bridgehead atoms. The Balaban J connectivity index is 1.70. The lowest BCUT2D eigenvalue weighted by Gasteiger charge is -2.09. The molecule has 2 amide bonds. The number of ether oxygens (including phenoxy) is 1. The van der Waals surface area contributed by atoms with Gasteiger partial charge in [-0.25, -0.2) is 4.39 Å². The second kappa shape index (κ2) is 9.47. The molecule has 2 N–H and O–H groups in total. The van der Waals surface area contributed by atoms with E-state index in [0.717, 1.165) is 11.1 Å². The number of hydrogen-bond donors (Lipinski definition) is 2. The minimum Gasteiger partial charge on any atom is -0.484 e. The number of ketones is 1. The van der Waals surface area contributed by atoms with Gasteiger partial charge >= 0.3 is 0 Å². The number of halogens is 1. The number of hydrazine groups is 1. The summed E-state index contributed by atoms with van der Waals surface area (Å²) < 4.78 is 17.9. The van der Waals surface area contributed by atoms with Crippen molar-refractivity contribution < 1.29 is 23.5 Å². The van der Waals surface area contributed by atoms with Gasteiger partial charge in [-0.1, -0.05) is 17.7 Å². The normalized spacial score (nSPS) is 10.2. The largest absolute Gasteiger partial charge is 0.484 e. The second-order valence-corrected chi connectivity index (χ2v) is 6.08. The molecule has 6 nitrogen and oxygen atoms in total. The molecule has 2 aromatic rings. The summed E-state index contributed by atoms with van der Waals surface area (Å²) in [6.07, 6.45) is -0.0105. The number of carbonyl (C=O) groups excluding carboxylic acids is 3. The maximum atomic E-state index is 12.8. The van der Waals surface area contributed by atoms with Crippen molar-refractivity contribution in [3.63, 3.8) is 0 Å². The third kappa shape index (κ3) is 6.54. The molecule has 0 unspecified atom stereocenters. The van der Waals surface area contributed by atoms with Gasteiger partial charge in [0, 0.05) is 18.4 Å². The van der Waals surface area contributed by atoms with Crippen molar-refractivity contribution in [1.82, 2.24) is 10.9 Å². The molecule has 0 radical (unpaired) electrons. The van der Waals surface area contributed by atoms with Gasteiger partial charge in [0.15, 0.2) is 12.4 Å². The Bertz CT molecular complexity index is 834. The van der Waals surface area contributed by atoms with E-state index in [-0.39, 0.29) is 25.2 Å². The summed E-state index contributed by atoms with van der Waals surface area (Å²) in [6, 6.07) is 10.8. The number of benzene rings is 2. The number of hydrogen-bond acceptors (Lipinski definition) is 4. The molecule has 142 valence electrons. The Kier molecular flexibility index (Phi) is 7.05. The molecule has 2 rings (SSSR count). The van der Waals surface area contributed by atoms with E-state index in [9.17, 15) is 18.8 Å². The Labute approximate surface area is 156 Å². The molecular formula is C20H21FN2O4. The minimum atomic E-state index is -0.575. The van der Waals surface area contributed by atoms with Crippen LogP contribution < -0.4 is 15.6 Å². The van der Waals surface area contributed by atoms with Crippen molar-refractivity contribution >= 4 is 17.6 Å². The van der Waals surface area contributed by atoms with E-state index in [1.165, 1.54) is 24.3 Å². The number of rotatable bonds is 7. The van der Waals surface area contributed by atoms with E-state index >= 15 is 0 Å². The van der Waals surface area contributed by atoms with Gasteiger partial charge < -0.3 is 4.74 Å². The van der Waals surface area contributed by atoms with Crippen LogP contribution in [0.25, 0.3) is 0 Å². The lowest BCUT2D eigenvalue weighted by Crippen LogP contribution is -2.43. The van der Waals surface area contributed by atoms with Crippen LogP contribution in [0.5, 0.6) is 5.75 Å². The summed E-state index contributed by atoms with van der Waals surface area (Å²) >= 11 is 0. The molecule has 7 heteroatoms. The number of carbonyl (C=O) groups is 3. The monoisotopic (exact) mass is 372 g/mol. The smallest absolute Gasteiger partial charge is 0.276 e. The molecular weight excluding hydrogens is 351 g/mol. The van der Waals surface area contributed by atoms with E-state index in [4.69, 9.17) is 4.74 Å². The van der Waals surface area contributed by atoms with E-state index in [2.05, 4.69) is 10.9 Å². The van der Waals surface area contributed by atoms with Crippen LogP contribution >= 0.6 is 0 Å². The summed E-state index contributed by atoms with van der Waals surface area (Å²) in [5.74, 6) is -1.26. The van der Waals surface area contributed by atoms with Crippen molar-refractivity contribution in [1.29, 1.82) is 0 Å². The fourth-order valence-corrected chi connectivity index (χ4v) is 2.32. The molecule has 0 aliphatic heterocycles. The van der Waals surface area contributed by atoms with Gasteiger partial charge in [0.1, 0.15) is 11.6 Å². The first-order chi connectivity index (χ1) is 12.8. The molecule has 0 aliphatic rings. The van der Waals surface area contributed by atoms with Gasteiger partial charge in [-0.15, -0.1) is 0 Å². The van der Waals surface area contributed by atoms with Crippen LogP contribution in [0.3, 0.4) is 0 Å². The number of amides is 2. The quantitative estimate of drug-likeness (QED) is 0.578. The highest BCUT2D eigenvalue weighted by Crippen LogP contribution is 2.14. The zero-order valence-electron chi connectivity index (χ0n) is 15.2. The van der Waals surface area contributed by atoms with Crippen molar-refractivity contribution in [2.24, 2.45) is 0 Å². The van der Waals surface area contributed by atoms with Crippen LogP contribution in [0.2, 0.25) is 0 Å². The van der Waals surface area contributed by atoms with Crippen molar-refractivity contribution in [3.8, 4) is 5.75 Å². The minimum absolute atomic E-state index is 0.0398. The molecule has 27 heavy (non-hydrogen) atoms. The molecule has 0 heterocycles. The molecule has 0 aromatic heterocycles. The zero-order valence-corrected chi connectivity index (χ0v) is 15.2.